The molecule has 4 heteroatoms. The van der Waals surface area contributed by atoms with Gasteiger partial charge in [-0.3, -0.25) is 0 Å². The van der Waals surface area contributed by atoms with Gasteiger partial charge in [-0.25, -0.2) is 0 Å². The third-order valence-corrected chi connectivity index (χ3v) is 2.91. The third-order valence-electron chi connectivity index (χ3n) is 2.91. The molecule has 1 heterocycles. The van der Waals surface area contributed by atoms with Gasteiger partial charge in [0.05, 0.1) is 24.9 Å². The zero-order valence-electron chi connectivity index (χ0n) is 8.27. The summed E-state index contributed by atoms with van der Waals surface area (Å²) in [5, 5.41) is 28.4. The van der Waals surface area contributed by atoms with E-state index < -0.39 is 17.8 Å². The van der Waals surface area contributed by atoms with Crippen molar-refractivity contribution in [3.63, 3.8) is 0 Å². The van der Waals surface area contributed by atoms with Crippen LogP contribution < -0.4 is 0 Å². The van der Waals surface area contributed by atoms with Crippen molar-refractivity contribution in [3.05, 3.63) is 0 Å². The fraction of sp³-hybridized carbons (Fsp3) is 1.00. The molecule has 0 radical (unpaired) electrons. The fourth-order valence-electron chi connectivity index (χ4n) is 1.87. The van der Waals surface area contributed by atoms with Gasteiger partial charge in [0.25, 0.3) is 0 Å². The molecule has 0 aromatic rings. The monoisotopic (exact) mass is 190 g/mol. The first-order valence-electron chi connectivity index (χ1n) is 4.57. The number of hydrogen-bond acceptors (Lipinski definition) is 4. The van der Waals surface area contributed by atoms with Gasteiger partial charge in [0.1, 0.15) is 5.60 Å². The summed E-state index contributed by atoms with van der Waals surface area (Å²) in [5.41, 5.74) is -0.946. The predicted molar refractivity (Wildman–Crippen MR) is 47.2 cm³/mol. The van der Waals surface area contributed by atoms with Crippen molar-refractivity contribution in [1.29, 1.82) is 0 Å². The Bertz CT molecular complexity index is 184. The topological polar surface area (TPSA) is 69.9 Å². The molecular formula is C9H18O4. The maximum Gasteiger partial charge on any atom is 0.115 e. The summed E-state index contributed by atoms with van der Waals surface area (Å²) < 4.78 is 5.37. The van der Waals surface area contributed by atoms with E-state index in [9.17, 15) is 10.2 Å². The Morgan fingerprint density at radius 2 is 1.85 bits per heavy atom. The van der Waals surface area contributed by atoms with Gasteiger partial charge in [-0.2, -0.15) is 0 Å². The van der Waals surface area contributed by atoms with Gasteiger partial charge in [-0.05, 0) is 13.8 Å². The van der Waals surface area contributed by atoms with Gasteiger partial charge >= 0.3 is 0 Å². The number of hydrogen-bond donors (Lipinski definition) is 3. The lowest BCUT2D eigenvalue weighted by Gasteiger charge is -2.46. The highest BCUT2D eigenvalue weighted by atomic mass is 16.5. The lowest BCUT2D eigenvalue weighted by Crippen LogP contribution is -2.60. The predicted octanol–water partition coefficient (Wildman–Crippen LogP) is -0.486. The molecular weight excluding hydrogens is 172 g/mol. The molecule has 0 amide bonds. The van der Waals surface area contributed by atoms with Crippen LogP contribution in [0.5, 0.6) is 0 Å². The quantitative estimate of drug-likeness (QED) is 0.522. The Morgan fingerprint density at radius 3 is 2.31 bits per heavy atom. The SMILES string of the molecule is CC1OC(C)(CO)C(O)C(C)C1O. The van der Waals surface area contributed by atoms with Crippen molar-refractivity contribution < 1.29 is 20.1 Å². The molecule has 0 spiro atoms. The van der Waals surface area contributed by atoms with Gasteiger partial charge in [0, 0.05) is 5.92 Å². The maximum absolute atomic E-state index is 9.74. The summed E-state index contributed by atoms with van der Waals surface area (Å²) in [4.78, 5) is 0. The van der Waals surface area contributed by atoms with Crippen LogP contribution >= 0.6 is 0 Å². The van der Waals surface area contributed by atoms with E-state index in [0.29, 0.717) is 0 Å². The van der Waals surface area contributed by atoms with Gasteiger partial charge < -0.3 is 20.1 Å². The summed E-state index contributed by atoms with van der Waals surface area (Å²) in [6.45, 7) is 4.90. The van der Waals surface area contributed by atoms with E-state index >= 15 is 0 Å². The van der Waals surface area contributed by atoms with Crippen molar-refractivity contribution in [3.8, 4) is 0 Å². The number of aliphatic hydroxyl groups excluding tert-OH is 3. The molecule has 0 aromatic carbocycles. The maximum atomic E-state index is 9.74. The molecule has 5 unspecified atom stereocenters. The van der Waals surface area contributed by atoms with E-state index in [0.717, 1.165) is 0 Å². The van der Waals surface area contributed by atoms with E-state index in [1.807, 2.05) is 0 Å². The standard InChI is InChI=1S/C9H18O4/c1-5-7(11)6(2)13-9(3,4-10)8(5)12/h5-8,10-12H,4H2,1-3H3. The van der Waals surface area contributed by atoms with Crippen molar-refractivity contribution in [2.24, 2.45) is 5.92 Å². The Morgan fingerprint density at radius 1 is 1.31 bits per heavy atom. The summed E-state index contributed by atoms with van der Waals surface area (Å²) in [6.07, 6.45) is -1.85. The first-order chi connectivity index (χ1) is 5.92. The molecule has 1 fully saturated rings. The second-order valence-corrected chi connectivity index (χ2v) is 4.09. The first-order valence-corrected chi connectivity index (χ1v) is 4.57. The van der Waals surface area contributed by atoms with E-state index in [-0.39, 0.29) is 18.6 Å². The zero-order chi connectivity index (χ0) is 10.2. The lowest BCUT2D eigenvalue weighted by molar-refractivity contribution is -0.248. The molecule has 3 N–H and O–H groups in total. The minimum atomic E-state index is -0.946. The van der Waals surface area contributed by atoms with Gasteiger partial charge in [-0.15, -0.1) is 0 Å². The summed E-state index contributed by atoms with van der Waals surface area (Å²) >= 11 is 0. The van der Waals surface area contributed by atoms with E-state index in [2.05, 4.69) is 0 Å². The Labute approximate surface area is 78.1 Å². The fourth-order valence-corrected chi connectivity index (χ4v) is 1.87. The van der Waals surface area contributed by atoms with Crippen molar-refractivity contribution in [1.82, 2.24) is 0 Å². The first kappa shape index (κ1) is 10.9. The number of ether oxygens (including phenoxy) is 1. The second-order valence-electron chi connectivity index (χ2n) is 4.09. The molecule has 1 aliphatic heterocycles. The smallest absolute Gasteiger partial charge is 0.115 e. The molecule has 1 saturated heterocycles. The summed E-state index contributed by atoms with van der Waals surface area (Å²) in [5.74, 6) is -0.277. The summed E-state index contributed by atoms with van der Waals surface area (Å²) in [6, 6.07) is 0. The van der Waals surface area contributed by atoms with Crippen molar-refractivity contribution in [2.75, 3.05) is 6.61 Å². The highest BCUT2D eigenvalue weighted by molar-refractivity contribution is 4.96. The molecule has 0 aromatic heterocycles. The molecule has 5 atom stereocenters. The van der Waals surface area contributed by atoms with Crippen LogP contribution in [0.4, 0.5) is 0 Å². The average molecular weight is 190 g/mol. The second kappa shape index (κ2) is 3.53. The van der Waals surface area contributed by atoms with Crippen molar-refractivity contribution >= 4 is 0 Å². The molecule has 4 nitrogen and oxygen atoms in total. The van der Waals surface area contributed by atoms with Gasteiger partial charge in [0.15, 0.2) is 0 Å². The Hall–Kier alpha value is -0.160. The van der Waals surface area contributed by atoms with Crippen LogP contribution in [0, 0.1) is 5.92 Å². The van der Waals surface area contributed by atoms with E-state index in [4.69, 9.17) is 9.84 Å². The molecule has 1 rings (SSSR count). The molecule has 0 aliphatic carbocycles. The van der Waals surface area contributed by atoms with Crippen LogP contribution in [0.2, 0.25) is 0 Å². The average Bonchev–Trinajstić information content (AvgIpc) is 2.12. The van der Waals surface area contributed by atoms with Crippen LogP contribution in [0.25, 0.3) is 0 Å². The summed E-state index contributed by atoms with van der Waals surface area (Å²) in [7, 11) is 0. The normalized spacial score (nSPS) is 52.2. The molecule has 0 saturated carbocycles. The third kappa shape index (κ3) is 1.72. The van der Waals surface area contributed by atoms with Gasteiger partial charge in [0.2, 0.25) is 0 Å². The number of rotatable bonds is 1. The van der Waals surface area contributed by atoms with E-state index in [1.54, 1.807) is 20.8 Å². The highest BCUT2D eigenvalue weighted by Gasteiger charge is 2.47. The Balaban J connectivity index is 2.82. The van der Waals surface area contributed by atoms with Crippen LogP contribution in [-0.2, 0) is 4.74 Å². The van der Waals surface area contributed by atoms with E-state index in [1.165, 1.54) is 0 Å². The van der Waals surface area contributed by atoms with Crippen LogP contribution in [-0.4, -0.2) is 45.8 Å². The highest BCUT2D eigenvalue weighted by Crippen LogP contribution is 2.32. The van der Waals surface area contributed by atoms with Gasteiger partial charge in [-0.1, -0.05) is 6.92 Å². The minimum Gasteiger partial charge on any atom is -0.393 e. The zero-order valence-corrected chi connectivity index (χ0v) is 8.27. The van der Waals surface area contributed by atoms with Crippen LogP contribution in [0.3, 0.4) is 0 Å². The number of aliphatic hydroxyl groups is 3. The van der Waals surface area contributed by atoms with Crippen molar-refractivity contribution in [2.45, 2.75) is 44.7 Å². The minimum absolute atomic E-state index is 0.241. The lowest BCUT2D eigenvalue weighted by atomic mass is 9.81. The Kier molecular flexibility index (Phi) is 2.97. The molecule has 0 bridgehead atoms. The van der Waals surface area contributed by atoms with Crippen LogP contribution in [0.15, 0.2) is 0 Å². The molecule has 1 aliphatic rings. The molecule has 13 heavy (non-hydrogen) atoms. The largest absolute Gasteiger partial charge is 0.393 e. The van der Waals surface area contributed by atoms with Crippen LogP contribution in [0.1, 0.15) is 20.8 Å². The molecule has 78 valence electrons.